The summed E-state index contributed by atoms with van der Waals surface area (Å²) in [4.78, 5) is 18.9. The number of fused-ring (bicyclic) bond motifs is 1. The smallest absolute Gasteiger partial charge is 0.269 e. The molecule has 2 heterocycles. The molecule has 1 aromatic heterocycles. The van der Waals surface area contributed by atoms with Crippen molar-refractivity contribution in [1.82, 2.24) is 4.98 Å². The third-order valence-corrected chi connectivity index (χ3v) is 4.55. The minimum absolute atomic E-state index is 0.0601. The molecular weight excluding hydrogens is 342 g/mol. The highest BCUT2D eigenvalue weighted by Gasteiger charge is 2.37. The summed E-state index contributed by atoms with van der Waals surface area (Å²) in [5, 5.41) is 0. The number of rotatable bonds is 7. The lowest BCUT2D eigenvalue weighted by atomic mass is 10.0. The molecule has 1 aliphatic heterocycles. The number of nitrogen functional groups attached to an aromatic ring is 1. The molecule has 1 atom stereocenters. The molecule has 144 valence electrons. The van der Waals surface area contributed by atoms with E-state index in [1.54, 1.807) is 17.0 Å². The highest BCUT2D eigenvalue weighted by Crippen LogP contribution is 2.34. The van der Waals surface area contributed by atoms with Crippen LogP contribution >= 0.6 is 0 Å². The van der Waals surface area contributed by atoms with Crippen LogP contribution in [-0.2, 0) is 4.79 Å². The molecule has 0 bridgehead atoms. The highest BCUT2D eigenvalue weighted by atomic mass is 16.5. The summed E-state index contributed by atoms with van der Waals surface area (Å²) in [5.74, 6) is 2.38. The second-order valence-electron chi connectivity index (χ2n) is 7.20. The number of hydrogen-bond donors (Lipinski definition) is 1. The van der Waals surface area contributed by atoms with E-state index in [1.807, 2.05) is 45.0 Å². The number of benzene rings is 1. The van der Waals surface area contributed by atoms with E-state index in [4.69, 9.17) is 15.2 Å². The Kier molecular flexibility index (Phi) is 5.84. The number of aromatic nitrogens is 1. The fraction of sp³-hybridized carbons (Fsp3) is 0.429. The van der Waals surface area contributed by atoms with Crippen molar-refractivity contribution in [2.24, 2.45) is 5.92 Å². The summed E-state index contributed by atoms with van der Waals surface area (Å²) < 4.78 is 11.6. The lowest BCUT2D eigenvalue weighted by Gasteiger charge is -2.35. The highest BCUT2D eigenvalue weighted by molar-refractivity contribution is 5.99. The number of carbonyl (C=O) groups excluding carboxylic acids is 1. The van der Waals surface area contributed by atoms with Gasteiger partial charge in [-0.05, 0) is 49.9 Å². The van der Waals surface area contributed by atoms with Gasteiger partial charge in [-0.15, -0.1) is 0 Å². The number of nitrogens with zero attached hydrogens (tertiary/aromatic N) is 2. The van der Waals surface area contributed by atoms with Crippen molar-refractivity contribution >= 4 is 17.5 Å². The minimum atomic E-state index is -0.494. The molecule has 1 aliphatic rings. The molecule has 2 aromatic rings. The zero-order valence-corrected chi connectivity index (χ0v) is 16.1. The van der Waals surface area contributed by atoms with Crippen molar-refractivity contribution in [2.75, 3.05) is 23.8 Å². The summed E-state index contributed by atoms with van der Waals surface area (Å²) in [5.41, 5.74) is 7.02. The first-order chi connectivity index (χ1) is 13.0. The molecule has 27 heavy (non-hydrogen) atoms. The van der Waals surface area contributed by atoms with Gasteiger partial charge in [-0.3, -0.25) is 9.69 Å². The Morgan fingerprint density at radius 1 is 1.19 bits per heavy atom. The molecule has 0 saturated carbocycles. The third kappa shape index (κ3) is 4.51. The van der Waals surface area contributed by atoms with Crippen LogP contribution in [0.25, 0.3) is 0 Å². The quantitative estimate of drug-likeness (QED) is 0.755. The number of unbranched alkanes of at least 4 members (excludes halogenated alkanes) is 1. The van der Waals surface area contributed by atoms with E-state index < -0.39 is 6.10 Å². The predicted octanol–water partition coefficient (Wildman–Crippen LogP) is 3.58. The van der Waals surface area contributed by atoms with Gasteiger partial charge >= 0.3 is 0 Å². The molecule has 6 nitrogen and oxygen atoms in total. The lowest BCUT2D eigenvalue weighted by Crippen LogP contribution is -2.49. The van der Waals surface area contributed by atoms with Crippen LogP contribution in [0.2, 0.25) is 0 Å². The number of carbonyl (C=O) groups is 1. The van der Waals surface area contributed by atoms with Gasteiger partial charge in [0, 0.05) is 6.54 Å². The largest absolute Gasteiger partial charge is 0.494 e. The Balaban J connectivity index is 1.60. The van der Waals surface area contributed by atoms with Crippen LogP contribution in [0.1, 0.15) is 32.3 Å². The van der Waals surface area contributed by atoms with E-state index in [9.17, 15) is 4.79 Å². The minimum Gasteiger partial charge on any atom is -0.494 e. The molecular formula is C21H27N3O3. The Bertz CT molecular complexity index is 790. The van der Waals surface area contributed by atoms with Gasteiger partial charge in [-0.2, -0.15) is 0 Å². The topological polar surface area (TPSA) is 77.7 Å². The second-order valence-corrected chi connectivity index (χ2v) is 7.20. The first-order valence-corrected chi connectivity index (χ1v) is 9.39. The molecule has 6 heteroatoms. The van der Waals surface area contributed by atoms with Crippen molar-refractivity contribution < 1.29 is 14.3 Å². The van der Waals surface area contributed by atoms with E-state index in [1.165, 1.54) is 5.56 Å². The number of anilines is 2. The van der Waals surface area contributed by atoms with Crippen molar-refractivity contribution in [1.29, 1.82) is 0 Å². The van der Waals surface area contributed by atoms with Gasteiger partial charge in [0.05, 0.1) is 6.61 Å². The standard InChI is InChI=1S/C21H27N3O3/c1-14(2)19-21(25)24(20-17(27-19)10-11-18(22)23-20)12-4-5-13-26-16-8-6-15(3)7-9-16/h6-11,14,19H,4-5,12-13H2,1-3H3,(H2,22,23). The molecule has 0 fully saturated rings. The maximum Gasteiger partial charge on any atom is 0.269 e. The number of aryl methyl sites for hydroxylation is 1. The van der Waals surface area contributed by atoms with Gasteiger partial charge in [0.1, 0.15) is 11.6 Å². The lowest BCUT2D eigenvalue weighted by molar-refractivity contribution is -0.128. The molecule has 1 amide bonds. The van der Waals surface area contributed by atoms with Crippen LogP contribution in [0.3, 0.4) is 0 Å². The van der Waals surface area contributed by atoms with Gasteiger partial charge in [-0.25, -0.2) is 4.98 Å². The number of amides is 1. The van der Waals surface area contributed by atoms with Gasteiger partial charge < -0.3 is 15.2 Å². The molecule has 0 saturated heterocycles. The first kappa shape index (κ1) is 19.0. The van der Waals surface area contributed by atoms with Gasteiger partial charge in [-0.1, -0.05) is 31.5 Å². The van der Waals surface area contributed by atoms with Crippen molar-refractivity contribution in [2.45, 2.75) is 39.7 Å². The molecule has 2 N–H and O–H groups in total. The summed E-state index contributed by atoms with van der Waals surface area (Å²) in [6.07, 6.45) is 1.15. The monoisotopic (exact) mass is 369 g/mol. The Hall–Kier alpha value is -2.76. The molecule has 3 rings (SSSR count). The SMILES string of the molecule is Cc1ccc(OCCCCN2C(=O)C(C(C)C)Oc3ccc(N)nc32)cc1. The summed E-state index contributed by atoms with van der Waals surface area (Å²) in [7, 11) is 0. The van der Waals surface area contributed by atoms with Crippen LogP contribution in [0, 0.1) is 12.8 Å². The average Bonchev–Trinajstić information content (AvgIpc) is 2.64. The molecule has 0 aliphatic carbocycles. The molecule has 1 unspecified atom stereocenters. The number of pyridine rings is 1. The van der Waals surface area contributed by atoms with Crippen LogP contribution in [-0.4, -0.2) is 30.1 Å². The van der Waals surface area contributed by atoms with Crippen molar-refractivity contribution in [3.8, 4) is 11.5 Å². The van der Waals surface area contributed by atoms with E-state index in [-0.39, 0.29) is 11.8 Å². The third-order valence-electron chi connectivity index (χ3n) is 4.55. The maximum absolute atomic E-state index is 12.8. The number of hydrogen-bond acceptors (Lipinski definition) is 5. The fourth-order valence-electron chi connectivity index (χ4n) is 3.01. The van der Waals surface area contributed by atoms with Gasteiger partial charge in [0.25, 0.3) is 5.91 Å². The summed E-state index contributed by atoms with van der Waals surface area (Å²) >= 11 is 0. The molecule has 0 radical (unpaired) electrons. The average molecular weight is 369 g/mol. The maximum atomic E-state index is 12.8. The summed E-state index contributed by atoms with van der Waals surface area (Å²) in [6, 6.07) is 11.5. The number of nitrogens with two attached hydrogens (primary N) is 1. The zero-order valence-electron chi connectivity index (χ0n) is 16.1. The molecule has 0 spiro atoms. The summed E-state index contributed by atoms with van der Waals surface area (Å²) in [6.45, 7) is 7.17. The zero-order chi connectivity index (χ0) is 19.4. The second kappa shape index (κ2) is 8.29. The van der Waals surface area contributed by atoms with E-state index in [2.05, 4.69) is 4.98 Å². The van der Waals surface area contributed by atoms with E-state index in [0.717, 1.165) is 18.6 Å². The Morgan fingerprint density at radius 3 is 2.63 bits per heavy atom. The predicted molar refractivity (Wildman–Crippen MR) is 106 cm³/mol. The fourth-order valence-corrected chi connectivity index (χ4v) is 3.01. The van der Waals surface area contributed by atoms with E-state index >= 15 is 0 Å². The normalized spacial score (nSPS) is 16.2. The Labute approximate surface area is 160 Å². The van der Waals surface area contributed by atoms with Gasteiger partial charge in [0.15, 0.2) is 17.7 Å². The first-order valence-electron chi connectivity index (χ1n) is 9.39. The Morgan fingerprint density at radius 2 is 1.93 bits per heavy atom. The number of ether oxygens (including phenoxy) is 2. The molecule has 1 aromatic carbocycles. The van der Waals surface area contributed by atoms with Crippen molar-refractivity contribution in [3.05, 3.63) is 42.0 Å². The van der Waals surface area contributed by atoms with Crippen molar-refractivity contribution in [3.63, 3.8) is 0 Å². The van der Waals surface area contributed by atoms with E-state index in [0.29, 0.717) is 30.5 Å². The van der Waals surface area contributed by atoms with Crippen LogP contribution < -0.4 is 20.1 Å². The van der Waals surface area contributed by atoms with Crippen LogP contribution in [0.15, 0.2) is 36.4 Å². The van der Waals surface area contributed by atoms with Crippen LogP contribution in [0.5, 0.6) is 11.5 Å². The van der Waals surface area contributed by atoms with Crippen LogP contribution in [0.4, 0.5) is 11.6 Å². The van der Waals surface area contributed by atoms with Gasteiger partial charge in [0.2, 0.25) is 0 Å².